The summed E-state index contributed by atoms with van der Waals surface area (Å²) in [7, 11) is 0. The Morgan fingerprint density at radius 2 is 2.12 bits per heavy atom. The first-order valence-electron chi connectivity index (χ1n) is 12.4. The Morgan fingerprint density at radius 1 is 1.24 bits per heavy atom. The second-order valence-electron chi connectivity index (χ2n) is 9.46. The number of hydrogen-bond acceptors (Lipinski definition) is 6. The van der Waals surface area contributed by atoms with Crippen molar-refractivity contribution in [1.29, 1.82) is 0 Å². The van der Waals surface area contributed by atoms with Gasteiger partial charge in [-0.2, -0.15) is 0 Å². The maximum Gasteiger partial charge on any atom is 0.160 e. The number of tetrazole rings is 1. The van der Waals surface area contributed by atoms with E-state index in [1.807, 2.05) is 0 Å². The fraction of sp³-hybridized carbons (Fsp3) is 0.615. The number of hydrogen-bond donors (Lipinski definition) is 1. The Morgan fingerprint density at radius 3 is 2.91 bits per heavy atom. The molecule has 7 nitrogen and oxygen atoms in total. The minimum Gasteiger partial charge on any atom is -0.350 e. The second kappa shape index (κ2) is 12.2. The highest BCUT2D eigenvalue weighted by atomic mass is 16.7. The number of Topliss-reactive ketones (excluding diaryl/α,β-unsaturated/α-hetero) is 1. The smallest absolute Gasteiger partial charge is 0.160 e. The van der Waals surface area contributed by atoms with E-state index in [1.165, 1.54) is 11.1 Å². The van der Waals surface area contributed by atoms with Gasteiger partial charge in [0.25, 0.3) is 0 Å². The average molecular weight is 453 g/mol. The zero-order valence-electron chi connectivity index (χ0n) is 19.6. The summed E-state index contributed by atoms with van der Waals surface area (Å²) in [5.74, 6) is 2.20. The van der Waals surface area contributed by atoms with Crippen LogP contribution >= 0.6 is 0 Å². The molecule has 1 aromatic heterocycles. The highest BCUT2D eigenvalue weighted by molar-refractivity contribution is 5.83. The van der Waals surface area contributed by atoms with Crippen LogP contribution in [0.4, 0.5) is 0 Å². The van der Waals surface area contributed by atoms with Gasteiger partial charge in [-0.3, -0.25) is 4.79 Å². The maximum absolute atomic E-state index is 12.6. The van der Waals surface area contributed by atoms with Crippen LogP contribution in [0.2, 0.25) is 0 Å². The summed E-state index contributed by atoms with van der Waals surface area (Å²) >= 11 is 0. The minimum absolute atomic E-state index is 0.125. The molecule has 0 radical (unpaired) electrons. The lowest BCUT2D eigenvalue weighted by Gasteiger charge is -2.25. The average Bonchev–Trinajstić information content (AvgIpc) is 3.57. The van der Waals surface area contributed by atoms with Gasteiger partial charge in [0, 0.05) is 24.7 Å². The van der Waals surface area contributed by atoms with E-state index < -0.39 is 0 Å². The van der Waals surface area contributed by atoms with Crippen LogP contribution in [0.3, 0.4) is 0 Å². The van der Waals surface area contributed by atoms with E-state index in [0.29, 0.717) is 30.8 Å². The zero-order chi connectivity index (χ0) is 22.9. The van der Waals surface area contributed by atoms with Gasteiger partial charge in [-0.25, -0.2) is 5.10 Å². The molecule has 1 aliphatic heterocycles. The molecular weight excluding hydrogens is 416 g/mol. The summed E-state index contributed by atoms with van der Waals surface area (Å²) in [6, 6.07) is 8.71. The van der Waals surface area contributed by atoms with Crippen LogP contribution in [-0.4, -0.2) is 45.9 Å². The summed E-state index contributed by atoms with van der Waals surface area (Å²) in [4.78, 5) is 12.6. The number of allylic oxidation sites excluding steroid dienone is 2. The lowest BCUT2D eigenvalue weighted by atomic mass is 9.84. The highest BCUT2D eigenvalue weighted by Crippen LogP contribution is 2.37. The van der Waals surface area contributed by atoms with Crippen LogP contribution in [0.15, 0.2) is 36.4 Å². The number of aromatic amines is 1. The Labute approximate surface area is 196 Å². The molecule has 33 heavy (non-hydrogen) atoms. The molecule has 7 heteroatoms. The predicted octanol–water partition coefficient (Wildman–Crippen LogP) is 4.38. The van der Waals surface area contributed by atoms with Crippen molar-refractivity contribution < 1.29 is 14.3 Å². The number of aromatic nitrogens is 4. The van der Waals surface area contributed by atoms with Gasteiger partial charge >= 0.3 is 0 Å². The molecule has 0 bridgehead atoms. The van der Waals surface area contributed by atoms with Crippen LogP contribution in [0.5, 0.6) is 0 Å². The van der Waals surface area contributed by atoms with Gasteiger partial charge < -0.3 is 9.47 Å². The molecule has 2 aliphatic rings. The van der Waals surface area contributed by atoms with Crippen LogP contribution < -0.4 is 0 Å². The lowest BCUT2D eigenvalue weighted by Crippen LogP contribution is -2.25. The van der Waals surface area contributed by atoms with E-state index >= 15 is 0 Å². The number of nitrogens with zero attached hydrogens (tertiary/aromatic N) is 3. The van der Waals surface area contributed by atoms with E-state index in [-0.39, 0.29) is 12.2 Å². The molecule has 1 aliphatic carbocycles. The van der Waals surface area contributed by atoms with Crippen LogP contribution in [-0.2, 0) is 27.1 Å². The SMILES string of the molecule is Cc1cccc(CC(CCC2CCC(=O)C2C/C=C\CCCc2nnn[nH]2)C2OCCO2)c1. The summed E-state index contributed by atoms with van der Waals surface area (Å²) in [6.07, 6.45) is 12.7. The van der Waals surface area contributed by atoms with Crippen molar-refractivity contribution in [3.05, 3.63) is 53.4 Å². The molecule has 0 amide bonds. The van der Waals surface area contributed by atoms with Crippen molar-refractivity contribution in [3.8, 4) is 0 Å². The first-order valence-corrected chi connectivity index (χ1v) is 12.4. The number of aryl methyl sites for hydroxylation is 2. The first kappa shape index (κ1) is 23.8. The normalized spacial score (nSPS) is 22.5. The molecule has 1 N–H and O–H groups in total. The fourth-order valence-electron chi connectivity index (χ4n) is 5.23. The number of unbranched alkanes of at least 4 members (excludes halogenated alkanes) is 1. The Kier molecular flexibility index (Phi) is 8.78. The zero-order valence-corrected chi connectivity index (χ0v) is 19.6. The summed E-state index contributed by atoms with van der Waals surface area (Å²) < 4.78 is 11.8. The maximum atomic E-state index is 12.6. The van der Waals surface area contributed by atoms with Crippen molar-refractivity contribution in [3.63, 3.8) is 0 Å². The van der Waals surface area contributed by atoms with Crippen molar-refractivity contribution in [2.24, 2.45) is 17.8 Å². The first-order chi connectivity index (χ1) is 16.2. The third kappa shape index (κ3) is 7.05. The highest BCUT2D eigenvalue weighted by Gasteiger charge is 2.35. The quantitative estimate of drug-likeness (QED) is 0.380. The summed E-state index contributed by atoms with van der Waals surface area (Å²) in [5.41, 5.74) is 2.62. The molecule has 1 aromatic carbocycles. The van der Waals surface area contributed by atoms with Crippen LogP contribution in [0.25, 0.3) is 0 Å². The minimum atomic E-state index is -0.125. The third-order valence-corrected chi connectivity index (χ3v) is 7.00. The van der Waals surface area contributed by atoms with Gasteiger partial charge in [-0.15, -0.1) is 5.10 Å². The second-order valence-corrected chi connectivity index (χ2v) is 9.46. The summed E-state index contributed by atoms with van der Waals surface area (Å²) in [5, 5.41) is 13.9. The number of H-pyrrole nitrogens is 1. The van der Waals surface area contributed by atoms with Gasteiger partial charge in [0.15, 0.2) is 6.29 Å². The molecule has 2 heterocycles. The molecular formula is C26H36N4O3. The van der Waals surface area contributed by atoms with E-state index in [4.69, 9.17) is 9.47 Å². The van der Waals surface area contributed by atoms with Crippen molar-refractivity contribution in [2.75, 3.05) is 13.2 Å². The molecule has 1 saturated carbocycles. The number of carbonyl (C=O) groups is 1. The van der Waals surface area contributed by atoms with Gasteiger partial charge in [-0.05, 0) is 73.8 Å². The number of ether oxygens (including phenoxy) is 2. The Bertz CT molecular complexity index is 893. The largest absolute Gasteiger partial charge is 0.350 e. The van der Waals surface area contributed by atoms with E-state index in [9.17, 15) is 4.79 Å². The predicted molar refractivity (Wildman–Crippen MR) is 125 cm³/mol. The number of ketones is 1. The van der Waals surface area contributed by atoms with Crippen molar-refractivity contribution >= 4 is 5.78 Å². The van der Waals surface area contributed by atoms with Gasteiger partial charge in [0.05, 0.1) is 13.2 Å². The molecule has 3 unspecified atom stereocenters. The fourth-order valence-corrected chi connectivity index (χ4v) is 5.23. The lowest BCUT2D eigenvalue weighted by molar-refractivity contribution is -0.121. The Hall–Kier alpha value is -2.38. The molecule has 1 saturated heterocycles. The van der Waals surface area contributed by atoms with Crippen molar-refractivity contribution in [2.45, 2.75) is 71.0 Å². The van der Waals surface area contributed by atoms with Gasteiger partial charge in [0.1, 0.15) is 11.6 Å². The third-order valence-electron chi connectivity index (χ3n) is 7.00. The molecule has 178 valence electrons. The molecule has 2 fully saturated rings. The molecule has 0 spiro atoms. The van der Waals surface area contributed by atoms with Gasteiger partial charge in [0.2, 0.25) is 0 Å². The monoisotopic (exact) mass is 452 g/mol. The Balaban J connectivity index is 1.27. The topological polar surface area (TPSA) is 90.0 Å². The van der Waals surface area contributed by atoms with Gasteiger partial charge in [-0.1, -0.05) is 42.0 Å². The molecule has 4 rings (SSSR count). The molecule has 3 atom stereocenters. The number of carbonyl (C=O) groups excluding carboxylic acids is 1. The van der Waals surface area contributed by atoms with E-state index in [2.05, 4.69) is 64.0 Å². The number of rotatable bonds is 12. The van der Waals surface area contributed by atoms with E-state index in [0.717, 1.165) is 63.6 Å². The summed E-state index contributed by atoms with van der Waals surface area (Å²) in [6.45, 7) is 3.49. The van der Waals surface area contributed by atoms with Crippen molar-refractivity contribution in [1.82, 2.24) is 20.6 Å². The number of benzene rings is 1. The standard InChI is InChI=1S/C26H36N4O3/c1-19-7-6-8-20(17-19)18-22(26-32-15-16-33-26)12-11-21-13-14-24(31)23(21)9-4-2-3-5-10-25-27-29-30-28-25/h2,4,6-8,17,21-23,26H,3,5,9-16,18H2,1H3,(H,27,28,29,30)/b4-2-. The number of nitrogens with one attached hydrogen (secondary N) is 1. The van der Waals surface area contributed by atoms with Crippen LogP contribution in [0, 0.1) is 24.7 Å². The van der Waals surface area contributed by atoms with E-state index in [1.54, 1.807) is 0 Å². The van der Waals surface area contributed by atoms with Crippen LogP contribution in [0.1, 0.15) is 61.9 Å². The molecule has 2 aromatic rings.